The van der Waals surface area contributed by atoms with Gasteiger partial charge in [0, 0.05) is 0 Å². The first kappa shape index (κ1) is 10.5. The van der Waals surface area contributed by atoms with Crippen molar-refractivity contribution in [1.82, 2.24) is 0 Å². The van der Waals surface area contributed by atoms with Gasteiger partial charge in [-0.25, -0.2) is 0 Å². The third kappa shape index (κ3) is 2.01. The molecule has 1 aliphatic rings. The maximum absolute atomic E-state index is 9.62. The number of hydrogen-bond acceptors (Lipinski definition) is 3. The van der Waals surface area contributed by atoms with Crippen molar-refractivity contribution in [1.29, 1.82) is 0 Å². The minimum absolute atomic E-state index is 0.535. The van der Waals surface area contributed by atoms with Crippen LogP contribution in [0.5, 0.6) is 11.5 Å². The quantitative estimate of drug-likeness (QED) is 0.840. The van der Waals surface area contributed by atoms with Gasteiger partial charge in [-0.15, -0.1) is 6.58 Å². The third-order valence-corrected chi connectivity index (χ3v) is 2.77. The molecule has 0 aliphatic carbocycles. The van der Waals surface area contributed by atoms with Crippen molar-refractivity contribution in [2.75, 3.05) is 13.2 Å². The number of fused-ring (bicyclic) bond motifs is 1. The van der Waals surface area contributed by atoms with E-state index in [2.05, 4.69) is 22.5 Å². The van der Waals surface area contributed by atoms with Crippen LogP contribution in [0.4, 0.5) is 0 Å². The summed E-state index contributed by atoms with van der Waals surface area (Å²) >= 11 is 3.38. The first-order valence-corrected chi connectivity index (χ1v) is 5.41. The van der Waals surface area contributed by atoms with Crippen LogP contribution in [0.3, 0.4) is 0 Å². The molecule has 4 heteroatoms. The molecule has 1 N–H and O–H groups in total. The molecule has 0 fully saturated rings. The summed E-state index contributed by atoms with van der Waals surface area (Å²) < 4.78 is 11.7. The molecule has 1 atom stereocenters. The summed E-state index contributed by atoms with van der Waals surface area (Å²) in [5.74, 6) is 1.35. The van der Waals surface area contributed by atoms with Crippen molar-refractivity contribution in [3.8, 4) is 11.5 Å². The van der Waals surface area contributed by atoms with E-state index in [9.17, 15) is 5.11 Å². The Morgan fingerprint density at radius 2 is 2.13 bits per heavy atom. The second kappa shape index (κ2) is 4.24. The Labute approximate surface area is 96.4 Å². The molecule has 1 aliphatic heterocycles. The molecule has 15 heavy (non-hydrogen) atoms. The van der Waals surface area contributed by atoms with Crippen molar-refractivity contribution >= 4 is 15.9 Å². The Morgan fingerprint density at radius 3 is 2.87 bits per heavy atom. The summed E-state index contributed by atoms with van der Waals surface area (Å²) in [7, 11) is 0. The third-order valence-electron chi connectivity index (χ3n) is 2.18. The number of hydrogen-bond donors (Lipinski definition) is 1. The number of ether oxygens (including phenoxy) is 2. The first-order valence-electron chi connectivity index (χ1n) is 4.62. The van der Waals surface area contributed by atoms with Gasteiger partial charge in [-0.2, -0.15) is 0 Å². The SMILES string of the molecule is C=CC(O)c1cc(Br)c2c(c1)OCCO2. The monoisotopic (exact) mass is 270 g/mol. The van der Waals surface area contributed by atoms with Crippen LogP contribution < -0.4 is 9.47 Å². The van der Waals surface area contributed by atoms with Gasteiger partial charge >= 0.3 is 0 Å². The van der Waals surface area contributed by atoms with Gasteiger partial charge in [0.2, 0.25) is 0 Å². The first-order chi connectivity index (χ1) is 7.22. The zero-order valence-corrected chi connectivity index (χ0v) is 9.66. The molecule has 1 aromatic carbocycles. The van der Waals surface area contributed by atoms with Crippen LogP contribution in [0.1, 0.15) is 11.7 Å². The predicted molar refractivity (Wildman–Crippen MR) is 60.3 cm³/mol. The van der Waals surface area contributed by atoms with Gasteiger partial charge in [0.1, 0.15) is 13.2 Å². The molecule has 2 rings (SSSR count). The molecule has 0 amide bonds. The van der Waals surface area contributed by atoms with Crippen molar-refractivity contribution in [2.24, 2.45) is 0 Å². The van der Waals surface area contributed by atoms with Crippen molar-refractivity contribution in [3.05, 3.63) is 34.8 Å². The molecular formula is C11H11BrO3. The van der Waals surface area contributed by atoms with Gasteiger partial charge in [-0.3, -0.25) is 0 Å². The Bertz CT molecular complexity index is 390. The van der Waals surface area contributed by atoms with E-state index in [1.165, 1.54) is 6.08 Å². The van der Waals surface area contributed by atoms with E-state index in [-0.39, 0.29) is 0 Å². The lowest BCUT2D eigenvalue weighted by Crippen LogP contribution is -2.16. The second-order valence-corrected chi connectivity index (χ2v) is 4.06. The highest BCUT2D eigenvalue weighted by molar-refractivity contribution is 9.10. The summed E-state index contributed by atoms with van der Waals surface area (Å²) in [6.45, 7) is 4.63. The second-order valence-electron chi connectivity index (χ2n) is 3.21. The van der Waals surface area contributed by atoms with Gasteiger partial charge in [-0.1, -0.05) is 6.08 Å². The van der Waals surface area contributed by atoms with Crippen LogP contribution >= 0.6 is 15.9 Å². The van der Waals surface area contributed by atoms with Crippen LogP contribution in [-0.4, -0.2) is 18.3 Å². The molecule has 1 heterocycles. The summed E-state index contributed by atoms with van der Waals surface area (Å²) in [6, 6.07) is 3.57. The van der Waals surface area contributed by atoms with E-state index in [1.54, 1.807) is 12.1 Å². The van der Waals surface area contributed by atoms with Crippen LogP contribution in [0.2, 0.25) is 0 Å². The lowest BCUT2D eigenvalue weighted by atomic mass is 10.1. The molecule has 0 aromatic heterocycles. The Morgan fingerprint density at radius 1 is 1.40 bits per heavy atom. The number of aliphatic hydroxyl groups excluding tert-OH is 1. The fraction of sp³-hybridized carbons (Fsp3) is 0.273. The molecule has 1 aromatic rings. The van der Waals surface area contributed by atoms with Gasteiger partial charge in [-0.05, 0) is 33.6 Å². The van der Waals surface area contributed by atoms with E-state index in [4.69, 9.17) is 9.47 Å². The lowest BCUT2D eigenvalue weighted by molar-refractivity contribution is 0.168. The molecule has 0 saturated heterocycles. The Kier molecular flexibility index (Phi) is 2.98. The molecule has 0 bridgehead atoms. The zero-order valence-electron chi connectivity index (χ0n) is 8.07. The maximum Gasteiger partial charge on any atom is 0.175 e. The van der Waals surface area contributed by atoms with Gasteiger partial charge in [0.25, 0.3) is 0 Å². The predicted octanol–water partition coefficient (Wildman–Crippen LogP) is 2.44. The number of aliphatic hydroxyl groups is 1. The van der Waals surface area contributed by atoms with E-state index in [1.807, 2.05) is 0 Å². The average molecular weight is 271 g/mol. The van der Waals surface area contributed by atoms with Crippen molar-refractivity contribution in [3.63, 3.8) is 0 Å². The Balaban J connectivity index is 2.44. The number of halogens is 1. The zero-order chi connectivity index (χ0) is 10.8. The van der Waals surface area contributed by atoms with Gasteiger partial charge in [0.15, 0.2) is 11.5 Å². The fourth-order valence-electron chi connectivity index (χ4n) is 1.44. The number of rotatable bonds is 2. The maximum atomic E-state index is 9.62. The van der Waals surface area contributed by atoms with Gasteiger partial charge < -0.3 is 14.6 Å². The minimum atomic E-state index is -0.683. The molecular weight excluding hydrogens is 260 g/mol. The summed E-state index contributed by atoms with van der Waals surface area (Å²) in [6.07, 6.45) is 0.787. The van der Waals surface area contributed by atoms with Crippen molar-refractivity contribution < 1.29 is 14.6 Å². The molecule has 3 nitrogen and oxygen atoms in total. The van der Waals surface area contributed by atoms with Gasteiger partial charge in [0.05, 0.1) is 10.6 Å². The summed E-state index contributed by atoms with van der Waals surface area (Å²) in [4.78, 5) is 0. The Hall–Kier alpha value is -1.00. The molecule has 80 valence electrons. The highest BCUT2D eigenvalue weighted by atomic mass is 79.9. The van der Waals surface area contributed by atoms with E-state index >= 15 is 0 Å². The minimum Gasteiger partial charge on any atom is -0.486 e. The van der Waals surface area contributed by atoms with Crippen LogP contribution in [0.25, 0.3) is 0 Å². The van der Waals surface area contributed by atoms with E-state index in [0.29, 0.717) is 24.7 Å². The number of benzene rings is 1. The normalized spacial score (nSPS) is 15.9. The van der Waals surface area contributed by atoms with Crippen LogP contribution in [0, 0.1) is 0 Å². The average Bonchev–Trinajstić information content (AvgIpc) is 2.28. The smallest absolute Gasteiger partial charge is 0.175 e. The van der Waals surface area contributed by atoms with Crippen LogP contribution in [-0.2, 0) is 0 Å². The van der Waals surface area contributed by atoms with Crippen LogP contribution in [0.15, 0.2) is 29.3 Å². The largest absolute Gasteiger partial charge is 0.486 e. The standard InChI is InChI=1S/C11H11BrO3/c1-2-9(13)7-5-8(12)11-10(6-7)14-3-4-15-11/h2,5-6,9,13H,1,3-4H2. The molecule has 0 saturated carbocycles. The van der Waals surface area contributed by atoms with E-state index in [0.717, 1.165) is 10.0 Å². The fourth-order valence-corrected chi connectivity index (χ4v) is 2.01. The van der Waals surface area contributed by atoms with E-state index < -0.39 is 6.10 Å². The lowest BCUT2D eigenvalue weighted by Gasteiger charge is -2.21. The summed E-state index contributed by atoms with van der Waals surface area (Å²) in [5.41, 5.74) is 0.737. The van der Waals surface area contributed by atoms with Crippen molar-refractivity contribution in [2.45, 2.75) is 6.10 Å². The highest BCUT2D eigenvalue weighted by Gasteiger charge is 2.17. The topological polar surface area (TPSA) is 38.7 Å². The summed E-state index contributed by atoms with van der Waals surface area (Å²) in [5, 5.41) is 9.62. The molecule has 0 radical (unpaired) electrons. The highest BCUT2D eigenvalue weighted by Crippen LogP contribution is 2.39. The molecule has 1 unspecified atom stereocenters. The molecule has 0 spiro atoms.